The molecule has 142 valence electrons. The number of carbonyl (C=O) groups is 1. The van der Waals surface area contributed by atoms with Gasteiger partial charge in [-0.3, -0.25) is 9.69 Å². The van der Waals surface area contributed by atoms with Crippen molar-refractivity contribution in [3.63, 3.8) is 0 Å². The summed E-state index contributed by atoms with van der Waals surface area (Å²) in [5.41, 5.74) is 3.50. The Labute approximate surface area is 159 Å². The molecule has 0 saturated carbocycles. The third-order valence-electron chi connectivity index (χ3n) is 5.99. The zero-order valence-corrected chi connectivity index (χ0v) is 15.7. The maximum atomic E-state index is 11.9. The lowest BCUT2D eigenvalue weighted by Crippen LogP contribution is -2.38. The first kappa shape index (κ1) is 17.0. The van der Waals surface area contributed by atoms with Gasteiger partial charge in [-0.15, -0.1) is 0 Å². The van der Waals surface area contributed by atoms with Gasteiger partial charge in [-0.05, 0) is 24.6 Å². The summed E-state index contributed by atoms with van der Waals surface area (Å²) in [6.07, 6.45) is 0. The van der Waals surface area contributed by atoms with E-state index in [2.05, 4.69) is 41.0 Å². The average Bonchev–Trinajstić information content (AvgIpc) is 3.23. The summed E-state index contributed by atoms with van der Waals surface area (Å²) in [6.45, 7) is 8.44. The fourth-order valence-corrected chi connectivity index (χ4v) is 4.54. The van der Waals surface area contributed by atoms with E-state index < -0.39 is 0 Å². The molecule has 0 spiro atoms. The van der Waals surface area contributed by atoms with E-state index in [1.807, 2.05) is 0 Å². The van der Waals surface area contributed by atoms with Crippen molar-refractivity contribution in [1.29, 1.82) is 0 Å². The number of benzene rings is 1. The molecule has 5 rings (SSSR count). The number of pyridine rings is 1. The minimum atomic E-state index is -0.0250. The first-order chi connectivity index (χ1) is 13.2. The molecular formula is C21H25N3O3. The van der Waals surface area contributed by atoms with Crippen molar-refractivity contribution < 1.29 is 14.3 Å². The Morgan fingerprint density at radius 2 is 2.04 bits per heavy atom. The quantitative estimate of drug-likeness (QED) is 0.774. The molecule has 0 unspecified atom stereocenters. The van der Waals surface area contributed by atoms with Crippen LogP contribution >= 0.6 is 0 Å². The van der Waals surface area contributed by atoms with Crippen LogP contribution < -0.4 is 4.90 Å². The molecule has 0 aliphatic carbocycles. The maximum absolute atomic E-state index is 11.9. The predicted octanol–water partition coefficient (Wildman–Crippen LogP) is 1.98. The van der Waals surface area contributed by atoms with E-state index in [9.17, 15) is 4.79 Å². The molecule has 6 heteroatoms. The highest BCUT2D eigenvalue weighted by molar-refractivity contribution is 5.82. The Morgan fingerprint density at radius 1 is 1.19 bits per heavy atom. The van der Waals surface area contributed by atoms with Gasteiger partial charge in [0.25, 0.3) is 0 Å². The molecule has 27 heavy (non-hydrogen) atoms. The van der Waals surface area contributed by atoms with Crippen LogP contribution in [-0.2, 0) is 20.8 Å². The predicted molar refractivity (Wildman–Crippen MR) is 103 cm³/mol. The van der Waals surface area contributed by atoms with Crippen molar-refractivity contribution in [2.24, 2.45) is 11.8 Å². The molecular weight excluding hydrogens is 342 g/mol. The second kappa shape index (κ2) is 6.77. The van der Waals surface area contributed by atoms with Gasteiger partial charge in [0.05, 0.1) is 31.3 Å². The van der Waals surface area contributed by atoms with Crippen molar-refractivity contribution in [1.82, 2.24) is 9.88 Å². The molecule has 3 aliphatic heterocycles. The van der Waals surface area contributed by atoms with Crippen LogP contribution in [0.4, 0.5) is 5.82 Å². The zero-order chi connectivity index (χ0) is 18.4. The SMILES string of the molecule is Cc1ccc2cc(CN3C[C@@H]4COC(=O)[C@@H]4C3)c(N3CCOCC3)nc2c1. The van der Waals surface area contributed by atoms with Gasteiger partial charge in [0.1, 0.15) is 5.82 Å². The summed E-state index contributed by atoms with van der Waals surface area (Å²) in [5.74, 6) is 1.44. The van der Waals surface area contributed by atoms with E-state index in [1.165, 1.54) is 16.5 Å². The van der Waals surface area contributed by atoms with E-state index in [0.717, 1.165) is 57.3 Å². The fourth-order valence-electron chi connectivity index (χ4n) is 4.54. The van der Waals surface area contributed by atoms with Crippen LogP contribution in [0.1, 0.15) is 11.1 Å². The normalized spacial score (nSPS) is 25.8. The molecule has 2 aromatic rings. The highest BCUT2D eigenvalue weighted by Gasteiger charge is 2.44. The van der Waals surface area contributed by atoms with Gasteiger partial charge in [0.15, 0.2) is 0 Å². The fraction of sp³-hybridized carbons (Fsp3) is 0.524. The lowest BCUT2D eigenvalue weighted by atomic mass is 10.0. The number of ether oxygens (including phenoxy) is 2. The Bertz CT molecular complexity index is 878. The molecule has 3 saturated heterocycles. The molecule has 0 N–H and O–H groups in total. The monoisotopic (exact) mass is 367 g/mol. The largest absolute Gasteiger partial charge is 0.465 e. The van der Waals surface area contributed by atoms with Crippen LogP contribution in [0.15, 0.2) is 24.3 Å². The number of anilines is 1. The number of likely N-dealkylation sites (tertiary alicyclic amines) is 1. The average molecular weight is 367 g/mol. The number of hydrogen-bond acceptors (Lipinski definition) is 6. The van der Waals surface area contributed by atoms with E-state index in [4.69, 9.17) is 14.5 Å². The molecule has 2 atom stereocenters. The van der Waals surface area contributed by atoms with Crippen molar-refractivity contribution in [3.05, 3.63) is 35.4 Å². The molecule has 3 fully saturated rings. The number of morpholine rings is 1. The van der Waals surface area contributed by atoms with E-state index in [1.54, 1.807) is 0 Å². The van der Waals surface area contributed by atoms with Crippen LogP contribution in [0.2, 0.25) is 0 Å². The molecule has 0 bridgehead atoms. The van der Waals surface area contributed by atoms with Gasteiger partial charge >= 0.3 is 5.97 Å². The van der Waals surface area contributed by atoms with Crippen LogP contribution in [0.25, 0.3) is 10.9 Å². The van der Waals surface area contributed by atoms with Crippen LogP contribution in [0.5, 0.6) is 0 Å². The van der Waals surface area contributed by atoms with Gasteiger partial charge in [-0.25, -0.2) is 4.98 Å². The Morgan fingerprint density at radius 3 is 2.85 bits per heavy atom. The highest BCUT2D eigenvalue weighted by Crippen LogP contribution is 2.33. The van der Waals surface area contributed by atoms with Crippen LogP contribution in [0, 0.1) is 18.8 Å². The minimum Gasteiger partial charge on any atom is -0.465 e. The second-order valence-corrected chi connectivity index (χ2v) is 7.96. The van der Waals surface area contributed by atoms with Crippen molar-refractivity contribution in [2.75, 3.05) is 50.9 Å². The molecule has 4 heterocycles. The lowest BCUT2D eigenvalue weighted by molar-refractivity contribution is -0.141. The topological polar surface area (TPSA) is 54.9 Å². The summed E-state index contributed by atoms with van der Waals surface area (Å²) in [7, 11) is 0. The number of aryl methyl sites for hydroxylation is 1. The minimum absolute atomic E-state index is 0.0250. The number of esters is 1. The number of hydrogen-bond donors (Lipinski definition) is 0. The third-order valence-corrected chi connectivity index (χ3v) is 5.99. The Hall–Kier alpha value is -2.18. The molecule has 1 aromatic heterocycles. The van der Waals surface area contributed by atoms with Crippen molar-refractivity contribution in [2.45, 2.75) is 13.5 Å². The standard InChI is InChI=1S/C21H25N3O3/c1-14-2-3-15-9-16(10-23-11-17-13-27-21(25)18(17)12-23)20(22-19(15)8-14)24-4-6-26-7-5-24/h2-3,8-9,17-18H,4-7,10-13H2,1H3/t17-,18-/m1/s1. The summed E-state index contributed by atoms with van der Waals surface area (Å²) in [4.78, 5) is 21.7. The summed E-state index contributed by atoms with van der Waals surface area (Å²) in [5, 5.41) is 1.17. The van der Waals surface area contributed by atoms with E-state index in [0.29, 0.717) is 12.5 Å². The number of aromatic nitrogens is 1. The van der Waals surface area contributed by atoms with Gasteiger partial charge in [0, 0.05) is 49.6 Å². The molecule has 1 aromatic carbocycles. The van der Waals surface area contributed by atoms with Gasteiger partial charge in [-0.1, -0.05) is 12.1 Å². The van der Waals surface area contributed by atoms with Gasteiger partial charge < -0.3 is 14.4 Å². The highest BCUT2D eigenvalue weighted by atomic mass is 16.5. The number of rotatable bonds is 3. The van der Waals surface area contributed by atoms with Crippen LogP contribution in [-0.4, -0.2) is 61.9 Å². The smallest absolute Gasteiger partial charge is 0.310 e. The Kier molecular flexibility index (Phi) is 4.25. The van der Waals surface area contributed by atoms with Crippen LogP contribution in [0.3, 0.4) is 0 Å². The molecule has 0 amide bonds. The van der Waals surface area contributed by atoms with Gasteiger partial charge in [-0.2, -0.15) is 0 Å². The Balaban J connectivity index is 1.47. The number of fused-ring (bicyclic) bond motifs is 2. The molecule has 0 radical (unpaired) electrons. The summed E-state index contributed by atoms with van der Waals surface area (Å²) < 4.78 is 10.7. The first-order valence-corrected chi connectivity index (χ1v) is 9.79. The summed E-state index contributed by atoms with van der Waals surface area (Å²) >= 11 is 0. The van der Waals surface area contributed by atoms with E-state index in [-0.39, 0.29) is 11.9 Å². The lowest BCUT2D eigenvalue weighted by Gasteiger charge is -2.31. The molecule has 3 aliphatic rings. The van der Waals surface area contributed by atoms with Gasteiger partial charge in [0.2, 0.25) is 0 Å². The first-order valence-electron chi connectivity index (χ1n) is 9.79. The summed E-state index contributed by atoms with van der Waals surface area (Å²) in [6, 6.07) is 8.72. The van der Waals surface area contributed by atoms with E-state index >= 15 is 0 Å². The number of cyclic esters (lactones) is 1. The molecule has 6 nitrogen and oxygen atoms in total. The van der Waals surface area contributed by atoms with Crippen molar-refractivity contribution in [3.8, 4) is 0 Å². The number of nitrogens with zero attached hydrogens (tertiary/aromatic N) is 3. The number of carbonyl (C=O) groups excluding carboxylic acids is 1. The third kappa shape index (κ3) is 3.17. The van der Waals surface area contributed by atoms with Crippen molar-refractivity contribution >= 4 is 22.7 Å². The maximum Gasteiger partial charge on any atom is 0.310 e. The zero-order valence-electron chi connectivity index (χ0n) is 15.7. The second-order valence-electron chi connectivity index (χ2n) is 7.96.